The highest BCUT2D eigenvalue weighted by Gasteiger charge is 1.99. The van der Waals surface area contributed by atoms with Crippen LogP contribution >= 0.6 is 0 Å². The minimum Gasteiger partial charge on any atom is -0.333 e. The molecule has 2 aromatic rings. The summed E-state index contributed by atoms with van der Waals surface area (Å²) in [6.45, 7) is 5.90. The van der Waals surface area contributed by atoms with Crippen molar-refractivity contribution in [3.63, 3.8) is 0 Å². The molecule has 0 atom stereocenters. The van der Waals surface area contributed by atoms with E-state index in [1.807, 2.05) is 36.3 Å². The van der Waals surface area contributed by atoms with E-state index in [1.165, 1.54) is 5.69 Å². The summed E-state index contributed by atoms with van der Waals surface area (Å²) in [5.41, 5.74) is 1.20. The van der Waals surface area contributed by atoms with Gasteiger partial charge in [-0.05, 0) is 19.9 Å². The Balaban J connectivity index is 2.02. The minimum atomic E-state index is 0.899. The molecule has 0 fully saturated rings. The van der Waals surface area contributed by atoms with Crippen molar-refractivity contribution in [1.29, 1.82) is 0 Å². The van der Waals surface area contributed by atoms with Crippen LogP contribution in [0.2, 0.25) is 0 Å². The molecule has 0 N–H and O–H groups in total. The van der Waals surface area contributed by atoms with E-state index in [1.54, 1.807) is 0 Å². The predicted molar refractivity (Wildman–Crippen MR) is 53.9 cm³/mol. The lowest BCUT2D eigenvalue weighted by molar-refractivity contribution is 0.516. The molecule has 2 heterocycles. The van der Waals surface area contributed by atoms with Gasteiger partial charge in [0.25, 0.3) is 0 Å². The molecule has 2 rings (SSSR count). The van der Waals surface area contributed by atoms with Gasteiger partial charge in [0.1, 0.15) is 5.82 Å². The van der Waals surface area contributed by atoms with Gasteiger partial charge in [0, 0.05) is 30.8 Å². The fourth-order valence-corrected chi connectivity index (χ4v) is 1.48. The number of hydrogen-bond donors (Lipinski definition) is 0. The number of nitrogens with zero attached hydrogens (tertiary/aromatic N) is 4. The average molecular weight is 190 g/mol. The molecule has 0 aliphatic carbocycles. The summed E-state index contributed by atoms with van der Waals surface area (Å²) in [7, 11) is 0. The smallest absolute Gasteiger partial charge is 0.105 e. The maximum Gasteiger partial charge on any atom is 0.105 e. The number of aryl methyl sites for hydroxylation is 4. The van der Waals surface area contributed by atoms with E-state index in [9.17, 15) is 0 Å². The molecule has 14 heavy (non-hydrogen) atoms. The fraction of sp³-hybridized carbons (Fsp3) is 0.400. The topological polar surface area (TPSA) is 35.6 Å². The van der Waals surface area contributed by atoms with E-state index in [0.717, 1.165) is 18.9 Å². The van der Waals surface area contributed by atoms with Crippen LogP contribution in [0.15, 0.2) is 24.7 Å². The quantitative estimate of drug-likeness (QED) is 0.733. The lowest BCUT2D eigenvalue weighted by Crippen LogP contribution is -2.10. The lowest BCUT2D eigenvalue weighted by atomic mass is 10.5. The third kappa shape index (κ3) is 1.69. The Morgan fingerprint density at radius 1 is 1.21 bits per heavy atom. The van der Waals surface area contributed by atoms with Crippen LogP contribution in [0.4, 0.5) is 0 Å². The Kier molecular flexibility index (Phi) is 2.35. The molecule has 0 radical (unpaired) electrons. The molecule has 0 aliphatic rings. The molecular weight excluding hydrogens is 176 g/mol. The van der Waals surface area contributed by atoms with E-state index in [-0.39, 0.29) is 0 Å². The van der Waals surface area contributed by atoms with E-state index in [2.05, 4.69) is 21.6 Å². The first-order chi connectivity index (χ1) is 6.77. The van der Waals surface area contributed by atoms with Gasteiger partial charge < -0.3 is 4.57 Å². The van der Waals surface area contributed by atoms with Gasteiger partial charge in [-0.1, -0.05) is 0 Å². The molecule has 0 bridgehead atoms. The highest BCUT2D eigenvalue weighted by Crippen LogP contribution is 1.99. The predicted octanol–water partition coefficient (Wildman–Crippen LogP) is 1.40. The Morgan fingerprint density at radius 2 is 2.07 bits per heavy atom. The van der Waals surface area contributed by atoms with Crippen LogP contribution in [-0.2, 0) is 13.1 Å². The number of hydrogen-bond acceptors (Lipinski definition) is 2. The third-order valence-corrected chi connectivity index (χ3v) is 2.41. The van der Waals surface area contributed by atoms with Crippen molar-refractivity contribution in [2.75, 3.05) is 0 Å². The van der Waals surface area contributed by atoms with E-state index < -0.39 is 0 Å². The van der Waals surface area contributed by atoms with E-state index >= 15 is 0 Å². The van der Waals surface area contributed by atoms with Gasteiger partial charge in [-0.2, -0.15) is 5.10 Å². The van der Waals surface area contributed by atoms with Crippen LogP contribution in [0.1, 0.15) is 11.5 Å². The molecule has 0 saturated carbocycles. The Bertz CT molecular complexity index is 373. The zero-order chi connectivity index (χ0) is 9.97. The zero-order valence-corrected chi connectivity index (χ0v) is 8.51. The summed E-state index contributed by atoms with van der Waals surface area (Å²) in [4.78, 5) is 4.17. The molecule has 0 aromatic carbocycles. The van der Waals surface area contributed by atoms with Gasteiger partial charge in [-0.25, -0.2) is 4.98 Å². The van der Waals surface area contributed by atoms with Gasteiger partial charge in [-0.15, -0.1) is 0 Å². The fourth-order valence-electron chi connectivity index (χ4n) is 1.48. The van der Waals surface area contributed by atoms with Gasteiger partial charge in [0.15, 0.2) is 0 Å². The largest absolute Gasteiger partial charge is 0.333 e. The summed E-state index contributed by atoms with van der Waals surface area (Å²) in [5, 5.41) is 4.23. The Hall–Kier alpha value is -1.58. The first kappa shape index (κ1) is 8.99. The van der Waals surface area contributed by atoms with Crippen LogP contribution in [0.25, 0.3) is 0 Å². The molecule has 74 valence electrons. The Labute approximate surface area is 83.2 Å². The summed E-state index contributed by atoms with van der Waals surface area (Å²) in [6.07, 6.45) is 5.65. The van der Waals surface area contributed by atoms with Gasteiger partial charge in [0.05, 0.1) is 6.54 Å². The minimum absolute atomic E-state index is 0.899. The standard InChI is InChI=1S/C10H14N4/c1-9-3-4-12-14(9)8-7-13-6-5-11-10(13)2/h3-6H,7-8H2,1-2H3. The lowest BCUT2D eigenvalue weighted by Gasteiger charge is -2.06. The van der Waals surface area contributed by atoms with Crippen molar-refractivity contribution in [3.8, 4) is 0 Å². The van der Waals surface area contributed by atoms with Crippen molar-refractivity contribution in [3.05, 3.63) is 36.2 Å². The highest BCUT2D eigenvalue weighted by molar-refractivity contribution is 4.96. The SMILES string of the molecule is Cc1nccn1CCn1nccc1C. The third-order valence-electron chi connectivity index (χ3n) is 2.41. The molecule has 0 spiro atoms. The summed E-state index contributed by atoms with van der Waals surface area (Å²) in [6, 6.07) is 2.01. The maximum atomic E-state index is 4.23. The van der Waals surface area contributed by atoms with Crippen molar-refractivity contribution >= 4 is 0 Å². The zero-order valence-electron chi connectivity index (χ0n) is 8.51. The molecule has 0 amide bonds. The molecule has 4 heteroatoms. The molecule has 0 saturated heterocycles. The van der Waals surface area contributed by atoms with Crippen molar-refractivity contribution in [2.45, 2.75) is 26.9 Å². The van der Waals surface area contributed by atoms with Crippen LogP contribution < -0.4 is 0 Å². The summed E-state index contributed by atoms with van der Waals surface area (Å²) < 4.78 is 4.13. The summed E-state index contributed by atoms with van der Waals surface area (Å²) in [5.74, 6) is 1.05. The van der Waals surface area contributed by atoms with Gasteiger partial charge in [-0.3, -0.25) is 4.68 Å². The molecule has 4 nitrogen and oxygen atoms in total. The normalized spacial score (nSPS) is 10.7. The average Bonchev–Trinajstić information content (AvgIpc) is 2.72. The van der Waals surface area contributed by atoms with Crippen LogP contribution in [-0.4, -0.2) is 19.3 Å². The molecule has 0 aliphatic heterocycles. The van der Waals surface area contributed by atoms with Gasteiger partial charge >= 0.3 is 0 Å². The second kappa shape index (κ2) is 3.65. The number of rotatable bonds is 3. The molecule has 0 unspecified atom stereocenters. The number of imidazole rings is 1. The van der Waals surface area contributed by atoms with Gasteiger partial charge in [0.2, 0.25) is 0 Å². The monoisotopic (exact) mass is 190 g/mol. The molecule has 2 aromatic heterocycles. The van der Waals surface area contributed by atoms with Crippen molar-refractivity contribution in [2.24, 2.45) is 0 Å². The van der Waals surface area contributed by atoms with Crippen LogP contribution in [0, 0.1) is 13.8 Å². The second-order valence-electron chi connectivity index (χ2n) is 3.36. The summed E-state index contributed by atoms with van der Waals surface area (Å²) >= 11 is 0. The highest BCUT2D eigenvalue weighted by atomic mass is 15.3. The van der Waals surface area contributed by atoms with Crippen molar-refractivity contribution in [1.82, 2.24) is 19.3 Å². The first-order valence-corrected chi connectivity index (χ1v) is 4.73. The maximum absolute atomic E-state index is 4.23. The van der Waals surface area contributed by atoms with Crippen LogP contribution in [0.3, 0.4) is 0 Å². The van der Waals surface area contributed by atoms with Crippen molar-refractivity contribution < 1.29 is 0 Å². The van der Waals surface area contributed by atoms with E-state index in [4.69, 9.17) is 0 Å². The first-order valence-electron chi connectivity index (χ1n) is 4.73. The Morgan fingerprint density at radius 3 is 2.64 bits per heavy atom. The number of aromatic nitrogens is 4. The molecular formula is C10H14N4. The second-order valence-corrected chi connectivity index (χ2v) is 3.36. The van der Waals surface area contributed by atoms with Crippen LogP contribution in [0.5, 0.6) is 0 Å². The van der Waals surface area contributed by atoms with E-state index in [0.29, 0.717) is 0 Å².